The summed E-state index contributed by atoms with van der Waals surface area (Å²) in [5.74, 6) is -0.484. The molecule has 1 aromatic heterocycles. The normalized spacial score (nSPS) is 11.5. The maximum Gasteiger partial charge on any atom is 0.239 e. The lowest BCUT2D eigenvalue weighted by molar-refractivity contribution is -0.116. The van der Waals surface area contributed by atoms with Crippen LogP contribution in [0.1, 0.15) is 5.56 Å². The van der Waals surface area contributed by atoms with E-state index in [0.717, 1.165) is 10.6 Å². The quantitative estimate of drug-likeness (QED) is 0.826. The van der Waals surface area contributed by atoms with Crippen LogP contribution in [0, 0.1) is 0 Å². The Labute approximate surface area is 150 Å². The zero-order chi connectivity index (χ0) is 17.7. The van der Waals surface area contributed by atoms with Crippen molar-refractivity contribution in [2.24, 2.45) is 0 Å². The van der Waals surface area contributed by atoms with E-state index in [1.54, 1.807) is 36.7 Å². The zero-order valence-electron chi connectivity index (χ0n) is 12.7. The van der Waals surface area contributed by atoms with Crippen LogP contribution in [0.2, 0.25) is 10.0 Å². The fourth-order valence-corrected chi connectivity index (χ4v) is 2.95. The average molecular weight is 388 g/mol. The van der Waals surface area contributed by atoms with E-state index in [2.05, 4.69) is 10.3 Å². The molecule has 0 bridgehead atoms. The number of anilines is 1. The molecule has 0 atom stereocenters. The van der Waals surface area contributed by atoms with E-state index < -0.39 is 15.9 Å². The summed E-state index contributed by atoms with van der Waals surface area (Å²) < 4.78 is 24.9. The van der Waals surface area contributed by atoms with Gasteiger partial charge in [-0.15, -0.1) is 0 Å². The summed E-state index contributed by atoms with van der Waals surface area (Å²) in [4.78, 5) is 16.1. The van der Waals surface area contributed by atoms with Crippen molar-refractivity contribution in [3.8, 4) is 0 Å². The van der Waals surface area contributed by atoms with Gasteiger partial charge in [-0.3, -0.25) is 9.78 Å². The number of nitrogens with one attached hydrogen (secondary N) is 1. The third kappa shape index (κ3) is 5.45. The molecule has 0 aliphatic rings. The van der Waals surface area contributed by atoms with Crippen molar-refractivity contribution in [3.05, 3.63) is 58.3 Å². The second-order valence-electron chi connectivity index (χ2n) is 5.07. The van der Waals surface area contributed by atoms with E-state index in [-0.39, 0.29) is 13.1 Å². The van der Waals surface area contributed by atoms with E-state index in [0.29, 0.717) is 21.3 Å². The second-order valence-corrected chi connectivity index (χ2v) is 7.87. The number of nitrogens with zero attached hydrogens (tertiary/aromatic N) is 2. The van der Waals surface area contributed by atoms with Gasteiger partial charge in [0.1, 0.15) is 0 Å². The molecule has 0 fully saturated rings. The molecule has 0 radical (unpaired) electrons. The number of aromatic nitrogens is 1. The van der Waals surface area contributed by atoms with Gasteiger partial charge in [0.15, 0.2) is 0 Å². The van der Waals surface area contributed by atoms with Crippen LogP contribution in [0.15, 0.2) is 42.7 Å². The molecule has 1 heterocycles. The molecule has 0 unspecified atom stereocenters. The van der Waals surface area contributed by atoms with Crippen LogP contribution in [0.25, 0.3) is 0 Å². The predicted molar refractivity (Wildman–Crippen MR) is 94.6 cm³/mol. The minimum Gasteiger partial charge on any atom is -0.325 e. The highest BCUT2D eigenvalue weighted by Crippen LogP contribution is 2.25. The van der Waals surface area contributed by atoms with E-state index in [1.165, 1.54) is 6.07 Å². The van der Waals surface area contributed by atoms with Crippen LogP contribution >= 0.6 is 23.2 Å². The van der Waals surface area contributed by atoms with Crippen molar-refractivity contribution in [3.63, 3.8) is 0 Å². The fourth-order valence-electron chi connectivity index (χ4n) is 1.92. The SMILES string of the molecule is CS(=O)(=O)N(CC(=O)Nc1ccc(Cl)c(Cl)c1)Cc1cccnc1. The number of sulfonamides is 1. The smallest absolute Gasteiger partial charge is 0.239 e. The van der Waals surface area contributed by atoms with Gasteiger partial charge in [0.05, 0.1) is 22.8 Å². The van der Waals surface area contributed by atoms with Gasteiger partial charge in [0, 0.05) is 24.6 Å². The van der Waals surface area contributed by atoms with Crippen molar-refractivity contribution in [2.45, 2.75) is 6.54 Å². The van der Waals surface area contributed by atoms with Crippen LogP contribution in [0.5, 0.6) is 0 Å². The number of carbonyl (C=O) groups excluding carboxylic acids is 1. The van der Waals surface area contributed by atoms with Gasteiger partial charge in [0.25, 0.3) is 0 Å². The standard InChI is InChI=1S/C15H15Cl2N3O3S/c1-24(22,23)20(9-11-3-2-6-18-8-11)10-15(21)19-12-4-5-13(16)14(17)7-12/h2-8H,9-10H2,1H3,(H,19,21). The van der Waals surface area contributed by atoms with Gasteiger partial charge >= 0.3 is 0 Å². The highest BCUT2D eigenvalue weighted by atomic mass is 35.5. The summed E-state index contributed by atoms with van der Waals surface area (Å²) in [6.45, 7) is -0.268. The topological polar surface area (TPSA) is 79.4 Å². The van der Waals surface area contributed by atoms with Crippen LogP contribution in [0.3, 0.4) is 0 Å². The van der Waals surface area contributed by atoms with Gasteiger partial charge in [-0.25, -0.2) is 8.42 Å². The molecule has 1 N–H and O–H groups in total. The minimum atomic E-state index is -3.57. The molecule has 0 saturated carbocycles. The van der Waals surface area contributed by atoms with Crippen LogP contribution in [-0.4, -0.2) is 36.4 Å². The number of carbonyl (C=O) groups is 1. The minimum absolute atomic E-state index is 0.0570. The summed E-state index contributed by atoms with van der Waals surface area (Å²) in [6.07, 6.45) is 4.19. The number of halogens is 2. The number of pyridine rings is 1. The number of benzene rings is 1. The van der Waals surface area contributed by atoms with Gasteiger partial charge in [-0.05, 0) is 29.8 Å². The van der Waals surface area contributed by atoms with Crippen molar-refractivity contribution in [2.75, 3.05) is 18.1 Å². The lowest BCUT2D eigenvalue weighted by Gasteiger charge is -2.19. The maximum absolute atomic E-state index is 12.1. The van der Waals surface area contributed by atoms with Gasteiger partial charge < -0.3 is 5.32 Å². The molecule has 0 aliphatic heterocycles. The first-order valence-corrected chi connectivity index (χ1v) is 9.45. The van der Waals surface area contributed by atoms with Gasteiger partial charge in [-0.1, -0.05) is 29.3 Å². The molecule has 1 amide bonds. The van der Waals surface area contributed by atoms with Crippen LogP contribution in [-0.2, 0) is 21.4 Å². The Bertz CT molecular complexity index is 829. The number of hydrogen-bond donors (Lipinski definition) is 1. The van der Waals surface area contributed by atoms with E-state index in [4.69, 9.17) is 23.2 Å². The van der Waals surface area contributed by atoms with E-state index in [1.807, 2.05) is 0 Å². The molecule has 9 heteroatoms. The molecule has 6 nitrogen and oxygen atoms in total. The van der Waals surface area contributed by atoms with Crippen molar-refractivity contribution in [1.82, 2.24) is 9.29 Å². The third-order valence-corrected chi connectivity index (χ3v) is 5.01. The third-order valence-electron chi connectivity index (χ3n) is 3.07. The monoisotopic (exact) mass is 387 g/mol. The lowest BCUT2D eigenvalue weighted by atomic mass is 10.3. The van der Waals surface area contributed by atoms with E-state index in [9.17, 15) is 13.2 Å². The molecule has 0 spiro atoms. The predicted octanol–water partition coefficient (Wildman–Crippen LogP) is 2.79. The number of hydrogen-bond acceptors (Lipinski definition) is 4. The average Bonchev–Trinajstić information content (AvgIpc) is 2.50. The van der Waals surface area contributed by atoms with Crippen LogP contribution < -0.4 is 5.32 Å². The highest BCUT2D eigenvalue weighted by Gasteiger charge is 2.20. The highest BCUT2D eigenvalue weighted by molar-refractivity contribution is 7.88. The molecular weight excluding hydrogens is 373 g/mol. The summed E-state index contributed by atoms with van der Waals surface area (Å²) >= 11 is 11.7. The zero-order valence-corrected chi connectivity index (χ0v) is 15.1. The maximum atomic E-state index is 12.1. The Balaban J connectivity index is 2.08. The first kappa shape index (κ1) is 18.7. The first-order chi connectivity index (χ1) is 11.3. The summed E-state index contributed by atoms with van der Waals surface area (Å²) in [7, 11) is -3.57. The Morgan fingerprint density at radius 2 is 2.00 bits per heavy atom. The van der Waals surface area contributed by atoms with Gasteiger partial charge in [0.2, 0.25) is 15.9 Å². The van der Waals surface area contributed by atoms with Crippen molar-refractivity contribution >= 4 is 44.8 Å². The van der Waals surface area contributed by atoms with Crippen LogP contribution in [0.4, 0.5) is 5.69 Å². The van der Waals surface area contributed by atoms with Crippen molar-refractivity contribution in [1.29, 1.82) is 0 Å². The Kier molecular flexibility index (Phi) is 6.17. The molecule has 0 aliphatic carbocycles. The molecular formula is C15H15Cl2N3O3S. The van der Waals surface area contributed by atoms with Crippen molar-refractivity contribution < 1.29 is 13.2 Å². The summed E-state index contributed by atoms with van der Waals surface area (Å²) in [5.41, 5.74) is 1.12. The fraction of sp³-hybridized carbons (Fsp3) is 0.200. The van der Waals surface area contributed by atoms with E-state index >= 15 is 0 Å². The molecule has 24 heavy (non-hydrogen) atoms. The number of amides is 1. The second kappa shape index (κ2) is 7.94. The molecule has 128 valence electrons. The Hall–Kier alpha value is -1.67. The van der Waals surface area contributed by atoms with Gasteiger partial charge in [-0.2, -0.15) is 4.31 Å². The first-order valence-electron chi connectivity index (χ1n) is 6.84. The Morgan fingerprint density at radius 3 is 2.58 bits per heavy atom. The lowest BCUT2D eigenvalue weighted by Crippen LogP contribution is -2.36. The molecule has 0 saturated heterocycles. The summed E-state index contributed by atoms with van der Waals surface area (Å²) in [6, 6.07) is 8.06. The largest absolute Gasteiger partial charge is 0.325 e. The molecule has 2 rings (SSSR count). The number of rotatable bonds is 6. The molecule has 2 aromatic rings. The summed E-state index contributed by atoms with van der Waals surface area (Å²) in [5, 5.41) is 3.26. The Morgan fingerprint density at radius 1 is 1.25 bits per heavy atom. The molecule has 1 aromatic carbocycles.